The smallest absolute Gasteiger partial charge is 0.309 e. The Kier molecular flexibility index (Phi) is 3.63. The van der Waals surface area contributed by atoms with Gasteiger partial charge in [-0.25, -0.2) is 0 Å². The summed E-state index contributed by atoms with van der Waals surface area (Å²) in [5.41, 5.74) is 5.82. The molecule has 2 atom stereocenters. The molecule has 0 aliphatic carbocycles. The maximum atomic E-state index is 10.8. The molecule has 16 heavy (non-hydrogen) atoms. The Morgan fingerprint density at radius 3 is 2.12 bits per heavy atom. The number of carbonyl (C=O) groups is 2. The third-order valence-corrected chi connectivity index (χ3v) is 2.40. The zero-order valence-corrected chi connectivity index (χ0v) is 8.75. The fraction of sp³-hybridized carbons (Fsp3) is 0.273. The van der Waals surface area contributed by atoms with Gasteiger partial charge in [-0.2, -0.15) is 0 Å². The highest BCUT2D eigenvalue weighted by Crippen LogP contribution is 2.22. The maximum absolute atomic E-state index is 10.8. The number of aliphatic hydroxyl groups is 1. The van der Waals surface area contributed by atoms with Crippen LogP contribution in [0.1, 0.15) is 28.9 Å². The summed E-state index contributed by atoms with van der Waals surface area (Å²) in [6.07, 6.45) is -1.10. The average molecular weight is 223 g/mol. The average Bonchev–Trinajstić information content (AvgIpc) is 2.27. The minimum atomic E-state index is -1.10. The van der Waals surface area contributed by atoms with Crippen molar-refractivity contribution < 1.29 is 19.8 Å². The summed E-state index contributed by atoms with van der Waals surface area (Å²) in [5.74, 6) is -2.54. The summed E-state index contributed by atoms with van der Waals surface area (Å²) in [7, 11) is 0. The molecule has 0 saturated heterocycles. The molecule has 86 valence electrons. The number of carboxylic acid groups (broad SMARTS) is 1. The number of carbonyl (C=O) groups excluding carboxylic acids is 1. The molecule has 0 aliphatic heterocycles. The van der Waals surface area contributed by atoms with Gasteiger partial charge in [0.25, 0.3) is 0 Å². The number of nitrogens with two attached hydrogens (primary N) is 1. The molecule has 0 fully saturated rings. The first-order chi connectivity index (χ1) is 7.43. The van der Waals surface area contributed by atoms with Gasteiger partial charge in [-0.3, -0.25) is 9.59 Å². The van der Waals surface area contributed by atoms with E-state index >= 15 is 0 Å². The van der Waals surface area contributed by atoms with Gasteiger partial charge in [-0.15, -0.1) is 0 Å². The van der Waals surface area contributed by atoms with Crippen LogP contribution in [-0.2, 0) is 4.79 Å². The van der Waals surface area contributed by atoms with Gasteiger partial charge >= 0.3 is 5.97 Å². The third-order valence-electron chi connectivity index (χ3n) is 2.40. The predicted octanol–water partition coefficient (Wildman–Crippen LogP) is 0.540. The molecule has 0 radical (unpaired) electrons. The highest BCUT2D eigenvalue weighted by atomic mass is 16.4. The van der Waals surface area contributed by atoms with Crippen molar-refractivity contribution in [1.29, 1.82) is 0 Å². The fourth-order valence-corrected chi connectivity index (χ4v) is 1.27. The summed E-state index contributed by atoms with van der Waals surface area (Å²) in [4.78, 5) is 21.4. The standard InChI is InChI=1S/C11H13NO4/c1-6(11(15)16)9(13)7-2-4-8(5-3-7)10(12)14/h2-6,9,13H,1H3,(H2,12,14)(H,15,16)/t6-,9+/m0/s1. The first kappa shape index (κ1) is 12.2. The SMILES string of the molecule is C[C@H](C(=O)O)[C@@H](O)c1ccc(C(N)=O)cc1. The van der Waals surface area contributed by atoms with Crippen LogP contribution in [0.2, 0.25) is 0 Å². The second-order valence-corrected chi connectivity index (χ2v) is 3.56. The molecule has 0 unspecified atom stereocenters. The lowest BCUT2D eigenvalue weighted by Gasteiger charge is -2.15. The number of hydrogen-bond donors (Lipinski definition) is 3. The number of primary amides is 1. The highest BCUT2D eigenvalue weighted by Gasteiger charge is 2.22. The molecule has 1 aromatic carbocycles. The number of amides is 1. The van der Waals surface area contributed by atoms with Crippen LogP contribution in [-0.4, -0.2) is 22.1 Å². The number of benzene rings is 1. The van der Waals surface area contributed by atoms with Crippen LogP contribution in [0.3, 0.4) is 0 Å². The van der Waals surface area contributed by atoms with Gasteiger partial charge in [0, 0.05) is 5.56 Å². The van der Waals surface area contributed by atoms with Crippen molar-refractivity contribution in [1.82, 2.24) is 0 Å². The lowest BCUT2D eigenvalue weighted by molar-refractivity contribution is -0.145. The van der Waals surface area contributed by atoms with E-state index in [0.717, 1.165) is 0 Å². The molecule has 5 nitrogen and oxygen atoms in total. The maximum Gasteiger partial charge on any atom is 0.309 e. The lowest BCUT2D eigenvalue weighted by Crippen LogP contribution is -2.19. The second-order valence-electron chi connectivity index (χ2n) is 3.56. The molecular formula is C11H13NO4. The van der Waals surface area contributed by atoms with Gasteiger partial charge < -0.3 is 15.9 Å². The molecule has 0 heterocycles. The van der Waals surface area contributed by atoms with Crippen molar-refractivity contribution in [2.45, 2.75) is 13.0 Å². The quantitative estimate of drug-likeness (QED) is 0.693. The third kappa shape index (κ3) is 2.58. The number of carboxylic acids is 1. The van der Waals surface area contributed by atoms with Crippen LogP contribution in [0.4, 0.5) is 0 Å². The number of rotatable bonds is 4. The first-order valence-electron chi connectivity index (χ1n) is 4.74. The molecule has 0 saturated carbocycles. The lowest BCUT2D eigenvalue weighted by atomic mass is 9.97. The van der Waals surface area contributed by atoms with Crippen LogP contribution < -0.4 is 5.73 Å². The van der Waals surface area contributed by atoms with Gasteiger partial charge in [0.15, 0.2) is 0 Å². The Balaban J connectivity index is 2.89. The van der Waals surface area contributed by atoms with Gasteiger partial charge in [-0.05, 0) is 24.6 Å². The van der Waals surface area contributed by atoms with Crippen LogP contribution in [0, 0.1) is 5.92 Å². The Labute approximate surface area is 92.5 Å². The summed E-state index contributed by atoms with van der Waals surface area (Å²) < 4.78 is 0. The van der Waals surface area contributed by atoms with E-state index in [0.29, 0.717) is 11.1 Å². The fourth-order valence-electron chi connectivity index (χ4n) is 1.27. The summed E-state index contributed by atoms with van der Waals surface area (Å²) >= 11 is 0. The van der Waals surface area contributed by atoms with Crippen LogP contribution in [0.25, 0.3) is 0 Å². The predicted molar refractivity (Wildman–Crippen MR) is 56.7 cm³/mol. The normalized spacial score (nSPS) is 14.1. The van der Waals surface area contributed by atoms with E-state index in [4.69, 9.17) is 10.8 Å². The van der Waals surface area contributed by atoms with Crippen molar-refractivity contribution in [2.75, 3.05) is 0 Å². The van der Waals surface area contributed by atoms with E-state index in [9.17, 15) is 14.7 Å². The number of aliphatic hydroxyl groups excluding tert-OH is 1. The Morgan fingerprint density at radius 2 is 1.75 bits per heavy atom. The van der Waals surface area contributed by atoms with Crippen LogP contribution >= 0.6 is 0 Å². The van der Waals surface area contributed by atoms with E-state index < -0.39 is 23.9 Å². The highest BCUT2D eigenvalue weighted by molar-refractivity contribution is 5.92. The minimum Gasteiger partial charge on any atom is -0.481 e. The molecule has 0 bridgehead atoms. The van der Waals surface area contributed by atoms with Crippen LogP contribution in [0.15, 0.2) is 24.3 Å². The number of hydrogen-bond acceptors (Lipinski definition) is 3. The zero-order valence-electron chi connectivity index (χ0n) is 8.75. The first-order valence-corrected chi connectivity index (χ1v) is 4.74. The van der Waals surface area contributed by atoms with E-state index in [1.807, 2.05) is 0 Å². The molecule has 0 aromatic heterocycles. The van der Waals surface area contributed by atoms with Crippen molar-refractivity contribution in [3.05, 3.63) is 35.4 Å². The zero-order chi connectivity index (χ0) is 12.3. The van der Waals surface area contributed by atoms with Gasteiger partial charge in [0.1, 0.15) is 0 Å². The van der Waals surface area contributed by atoms with Gasteiger partial charge in [0.2, 0.25) is 5.91 Å². The number of aliphatic carboxylic acids is 1. The molecule has 1 rings (SSSR count). The van der Waals surface area contributed by atoms with E-state index in [2.05, 4.69) is 0 Å². The molecule has 0 aliphatic rings. The van der Waals surface area contributed by atoms with Crippen molar-refractivity contribution in [3.63, 3.8) is 0 Å². The molecule has 0 spiro atoms. The van der Waals surface area contributed by atoms with Crippen LogP contribution in [0.5, 0.6) is 0 Å². The Hall–Kier alpha value is -1.88. The summed E-state index contributed by atoms with van der Waals surface area (Å²) in [6.45, 7) is 1.41. The largest absolute Gasteiger partial charge is 0.481 e. The Morgan fingerprint density at radius 1 is 1.25 bits per heavy atom. The van der Waals surface area contributed by atoms with Crippen molar-refractivity contribution in [3.8, 4) is 0 Å². The van der Waals surface area contributed by atoms with Crippen molar-refractivity contribution in [2.24, 2.45) is 11.7 Å². The molecular weight excluding hydrogens is 210 g/mol. The summed E-state index contributed by atoms with van der Waals surface area (Å²) in [6, 6.07) is 5.89. The molecule has 4 N–H and O–H groups in total. The summed E-state index contributed by atoms with van der Waals surface area (Å²) in [5, 5.41) is 18.4. The molecule has 1 amide bonds. The Bertz CT molecular complexity index is 399. The second kappa shape index (κ2) is 4.76. The van der Waals surface area contributed by atoms with E-state index in [-0.39, 0.29) is 0 Å². The monoisotopic (exact) mass is 223 g/mol. The minimum absolute atomic E-state index is 0.318. The van der Waals surface area contributed by atoms with Gasteiger partial charge in [0.05, 0.1) is 12.0 Å². The van der Waals surface area contributed by atoms with E-state index in [1.165, 1.54) is 31.2 Å². The topological polar surface area (TPSA) is 101 Å². The molecule has 1 aromatic rings. The molecule has 5 heteroatoms. The van der Waals surface area contributed by atoms with E-state index in [1.54, 1.807) is 0 Å². The van der Waals surface area contributed by atoms with Gasteiger partial charge in [-0.1, -0.05) is 12.1 Å². The van der Waals surface area contributed by atoms with Crippen molar-refractivity contribution >= 4 is 11.9 Å².